The summed E-state index contributed by atoms with van der Waals surface area (Å²) in [6.45, 7) is 17.8. The van der Waals surface area contributed by atoms with Crippen molar-refractivity contribution in [2.75, 3.05) is 60.0 Å². The third kappa shape index (κ3) is 13.2. The van der Waals surface area contributed by atoms with Gasteiger partial charge in [-0.2, -0.15) is 0 Å². The van der Waals surface area contributed by atoms with Crippen LogP contribution in [0, 0.1) is 23.2 Å². The maximum atomic E-state index is 13.1. The Morgan fingerprint density at radius 3 is 2.50 bits per heavy atom. The second-order valence-electron chi connectivity index (χ2n) is 12.4. The minimum absolute atomic E-state index is 0.0168. The summed E-state index contributed by atoms with van der Waals surface area (Å²) in [6.07, 6.45) is 5.00. The van der Waals surface area contributed by atoms with Crippen molar-refractivity contribution in [3.63, 3.8) is 0 Å². The van der Waals surface area contributed by atoms with Crippen molar-refractivity contribution in [2.45, 2.75) is 86.5 Å². The first-order valence-electron chi connectivity index (χ1n) is 14.2. The summed E-state index contributed by atoms with van der Waals surface area (Å²) in [4.78, 5) is 45.2. The van der Waals surface area contributed by atoms with E-state index in [1.165, 1.54) is 0 Å². The molecule has 1 amide bonds. The molecule has 210 valence electrons. The first-order chi connectivity index (χ1) is 16.8. The quantitative estimate of drug-likeness (QED) is 0.388. The predicted octanol–water partition coefficient (Wildman–Crippen LogP) is 4.49. The Balaban J connectivity index is 2.93. The Bertz CT molecular complexity index is 679. The highest BCUT2D eigenvalue weighted by Crippen LogP contribution is 2.32. The molecule has 2 atom stereocenters. The second kappa shape index (κ2) is 16.4. The van der Waals surface area contributed by atoms with Crippen LogP contribution in [0.5, 0.6) is 0 Å². The summed E-state index contributed by atoms with van der Waals surface area (Å²) < 4.78 is 5.53. The van der Waals surface area contributed by atoms with E-state index in [0.717, 1.165) is 45.3 Å². The molecule has 1 aliphatic rings. The zero-order chi connectivity index (χ0) is 27.3. The third-order valence-electron chi connectivity index (χ3n) is 7.08. The molecule has 7 nitrogen and oxygen atoms in total. The van der Waals surface area contributed by atoms with E-state index in [0.29, 0.717) is 57.3 Å². The molecule has 0 aliphatic carbocycles. The molecule has 0 N–H and O–H groups in total. The van der Waals surface area contributed by atoms with E-state index in [4.69, 9.17) is 4.74 Å². The van der Waals surface area contributed by atoms with Gasteiger partial charge in [0.2, 0.25) is 5.91 Å². The van der Waals surface area contributed by atoms with Crippen LogP contribution in [-0.4, -0.2) is 92.3 Å². The molecular formula is C29H55N3O4. The van der Waals surface area contributed by atoms with Gasteiger partial charge in [-0.1, -0.05) is 48.0 Å². The molecule has 0 radical (unpaired) electrons. The van der Waals surface area contributed by atoms with Gasteiger partial charge in [-0.3, -0.25) is 19.3 Å². The van der Waals surface area contributed by atoms with Crippen molar-refractivity contribution in [1.82, 2.24) is 14.7 Å². The first kappa shape index (κ1) is 32.6. The Labute approximate surface area is 221 Å². The highest BCUT2D eigenvalue weighted by atomic mass is 16.5. The van der Waals surface area contributed by atoms with E-state index in [1.54, 1.807) is 0 Å². The van der Waals surface area contributed by atoms with Crippen LogP contribution in [0.4, 0.5) is 0 Å². The maximum absolute atomic E-state index is 13.1. The van der Waals surface area contributed by atoms with Crippen LogP contribution >= 0.6 is 0 Å². The van der Waals surface area contributed by atoms with Gasteiger partial charge in [0.15, 0.2) is 0 Å². The summed E-state index contributed by atoms with van der Waals surface area (Å²) in [5, 5.41) is 0. The zero-order valence-corrected chi connectivity index (χ0v) is 24.6. The van der Waals surface area contributed by atoms with Crippen molar-refractivity contribution in [1.29, 1.82) is 0 Å². The number of cyclic esters (lactones) is 1. The van der Waals surface area contributed by atoms with Crippen LogP contribution in [0.3, 0.4) is 0 Å². The number of Topliss-reactive ketones (excluding diaryl/α,β-unsaturated/α-hetero) is 1. The van der Waals surface area contributed by atoms with Gasteiger partial charge in [0.1, 0.15) is 11.7 Å². The molecule has 1 unspecified atom stereocenters. The smallest absolute Gasteiger partial charge is 0.316 e. The lowest BCUT2D eigenvalue weighted by atomic mass is 9.78. The number of hydrogen-bond acceptors (Lipinski definition) is 6. The lowest BCUT2D eigenvalue weighted by molar-refractivity contribution is -0.152. The van der Waals surface area contributed by atoms with Crippen molar-refractivity contribution in [3.05, 3.63) is 0 Å². The normalized spacial score (nSPS) is 24.4. The van der Waals surface area contributed by atoms with Gasteiger partial charge in [0, 0.05) is 39.1 Å². The maximum Gasteiger partial charge on any atom is 0.316 e. The third-order valence-corrected chi connectivity index (χ3v) is 7.08. The zero-order valence-electron chi connectivity index (χ0n) is 24.6. The molecule has 1 aliphatic heterocycles. The van der Waals surface area contributed by atoms with Gasteiger partial charge < -0.3 is 14.5 Å². The SMILES string of the molecule is CCCC1C(=O)CCC(C)(C)C[C@@H](C)CN(C)CCN(C(=O)CN(C)CC(C)C)CCCCOC1=O. The van der Waals surface area contributed by atoms with Crippen LogP contribution in [-0.2, 0) is 19.1 Å². The molecule has 0 saturated carbocycles. The number of carbonyl (C=O) groups excluding carboxylic acids is 3. The van der Waals surface area contributed by atoms with E-state index in [-0.39, 0.29) is 23.1 Å². The van der Waals surface area contributed by atoms with E-state index >= 15 is 0 Å². The van der Waals surface area contributed by atoms with Gasteiger partial charge in [-0.25, -0.2) is 0 Å². The number of ketones is 1. The number of likely N-dealkylation sites (N-methyl/N-ethyl adjacent to an activating group) is 2. The average molecular weight is 510 g/mol. The lowest BCUT2D eigenvalue weighted by Crippen LogP contribution is -2.44. The Morgan fingerprint density at radius 1 is 1.17 bits per heavy atom. The molecule has 7 heteroatoms. The van der Waals surface area contributed by atoms with Crippen LogP contribution in [0.15, 0.2) is 0 Å². The van der Waals surface area contributed by atoms with Crippen LogP contribution < -0.4 is 0 Å². The number of esters is 1. The van der Waals surface area contributed by atoms with E-state index in [1.807, 2.05) is 18.9 Å². The minimum Gasteiger partial charge on any atom is -0.465 e. The minimum atomic E-state index is -0.650. The Kier molecular flexibility index (Phi) is 14.8. The molecule has 0 aromatic carbocycles. The van der Waals surface area contributed by atoms with Crippen molar-refractivity contribution < 1.29 is 19.1 Å². The molecule has 1 heterocycles. The molecule has 0 spiro atoms. The van der Waals surface area contributed by atoms with Gasteiger partial charge >= 0.3 is 5.97 Å². The topological polar surface area (TPSA) is 70.2 Å². The largest absolute Gasteiger partial charge is 0.465 e. The standard InChI is InChI=1S/C29H55N3O4/c1-9-12-25-26(33)13-14-29(5,6)19-24(4)21-30(7)16-17-32(15-10-11-18-36-28(25)35)27(34)22-31(8)20-23(2)3/h23-25H,9-22H2,1-8H3/t24-,25?/m1/s1. The first-order valence-corrected chi connectivity index (χ1v) is 14.2. The van der Waals surface area contributed by atoms with E-state index in [9.17, 15) is 14.4 Å². The number of rotatable bonds is 6. The highest BCUT2D eigenvalue weighted by molar-refractivity contribution is 5.98. The van der Waals surface area contributed by atoms with Crippen molar-refractivity contribution in [3.8, 4) is 0 Å². The fourth-order valence-electron chi connectivity index (χ4n) is 5.42. The number of ether oxygens (including phenoxy) is 1. The highest BCUT2D eigenvalue weighted by Gasteiger charge is 2.30. The van der Waals surface area contributed by atoms with Crippen molar-refractivity contribution >= 4 is 17.7 Å². The fraction of sp³-hybridized carbons (Fsp3) is 0.897. The van der Waals surface area contributed by atoms with Gasteiger partial charge in [0.25, 0.3) is 0 Å². The van der Waals surface area contributed by atoms with E-state index in [2.05, 4.69) is 51.5 Å². The predicted molar refractivity (Wildman–Crippen MR) is 147 cm³/mol. The number of hydrogen-bond donors (Lipinski definition) is 0. The van der Waals surface area contributed by atoms with Gasteiger partial charge in [0.05, 0.1) is 13.2 Å². The Hall–Kier alpha value is -1.47. The second-order valence-corrected chi connectivity index (χ2v) is 12.4. The number of carbonyl (C=O) groups is 3. The fourth-order valence-corrected chi connectivity index (χ4v) is 5.42. The number of nitrogens with zero attached hydrogens (tertiary/aromatic N) is 3. The molecule has 0 aromatic heterocycles. The van der Waals surface area contributed by atoms with Crippen LogP contribution in [0.1, 0.15) is 86.5 Å². The lowest BCUT2D eigenvalue weighted by Gasteiger charge is -2.32. The van der Waals surface area contributed by atoms with Crippen LogP contribution in [0.2, 0.25) is 0 Å². The molecule has 36 heavy (non-hydrogen) atoms. The summed E-state index contributed by atoms with van der Waals surface area (Å²) >= 11 is 0. The molecular weight excluding hydrogens is 454 g/mol. The Morgan fingerprint density at radius 2 is 1.86 bits per heavy atom. The van der Waals surface area contributed by atoms with Gasteiger partial charge in [-0.15, -0.1) is 0 Å². The monoisotopic (exact) mass is 509 g/mol. The molecule has 0 bridgehead atoms. The molecule has 1 saturated heterocycles. The van der Waals surface area contributed by atoms with Crippen LogP contribution in [0.25, 0.3) is 0 Å². The molecule has 0 aromatic rings. The summed E-state index contributed by atoms with van der Waals surface area (Å²) in [5.74, 6) is 0.125. The summed E-state index contributed by atoms with van der Waals surface area (Å²) in [5.41, 5.74) is 0.0189. The summed E-state index contributed by atoms with van der Waals surface area (Å²) in [7, 11) is 4.14. The van der Waals surface area contributed by atoms with Gasteiger partial charge in [-0.05, 0) is 63.5 Å². The summed E-state index contributed by atoms with van der Waals surface area (Å²) in [6, 6.07) is 0. The molecule has 1 fully saturated rings. The molecule has 1 rings (SSSR count). The number of amides is 1. The average Bonchev–Trinajstić information content (AvgIpc) is 2.75. The van der Waals surface area contributed by atoms with Crippen molar-refractivity contribution in [2.24, 2.45) is 23.2 Å². The van der Waals surface area contributed by atoms with E-state index < -0.39 is 5.92 Å².